The van der Waals surface area contributed by atoms with Crippen molar-refractivity contribution in [2.45, 2.75) is 13.0 Å². The molecule has 0 aliphatic carbocycles. The van der Waals surface area contributed by atoms with E-state index in [0.29, 0.717) is 18.5 Å². The zero-order chi connectivity index (χ0) is 19.7. The number of nitro groups is 1. The predicted molar refractivity (Wildman–Crippen MR) is 103 cm³/mol. The van der Waals surface area contributed by atoms with Crippen LogP contribution in [-0.2, 0) is 17.8 Å². The first kappa shape index (κ1) is 17.9. The Morgan fingerprint density at radius 2 is 2.11 bits per heavy atom. The number of para-hydroxylation sites is 1. The van der Waals surface area contributed by atoms with E-state index in [1.807, 2.05) is 24.3 Å². The molecule has 4 rings (SSSR count). The fourth-order valence-electron chi connectivity index (χ4n) is 2.85. The van der Waals surface area contributed by atoms with Crippen molar-refractivity contribution in [1.82, 2.24) is 14.9 Å². The van der Waals surface area contributed by atoms with Crippen LogP contribution >= 0.6 is 11.3 Å². The van der Waals surface area contributed by atoms with Gasteiger partial charge in [0, 0.05) is 19.0 Å². The van der Waals surface area contributed by atoms with Gasteiger partial charge in [0.2, 0.25) is 5.91 Å². The number of hydrogen-bond acceptors (Lipinski definition) is 7. The second-order valence-corrected chi connectivity index (χ2v) is 7.15. The Hall–Kier alpha value is -3.53. The summed E-state index contributed by atoms with van der Waals surface area (Å²) in [6.07, 6.45) is 0.582. The number of oxazole rings is 1. The van der Waals surface area contributed by atoms with Gasteiger partial charge in [-0.05, 0) is 18.2 Å². The number of thiazole rings is 1. The fourth-order valence-corrected chi connectivity index (χ4v) is 3.82. The van der Waals surface area contributed by atoms with Crippen molar-refractivity contribution in [3.8, 4) is 0 Å². The third-order valence-electron chi connectivity index (χ3n) is 4.16. The number of hydrogen-bond donors (Lipinski definition) is 1. The van der Waals surface area contributed by atoms with E-state index in [1.165, 1.54) is 12.1 Å². The Morgan fingerprint density at radius 3 is 2.89 bits per heavy atom. The van der Waals surface area contributed by atoms with Crippen LogP contribution in [-0.4, -0.2) is 26.9 Å². The normalized spacial score (nSPS) is 11.1. The van der Waals surface area contributed by atoms with Gasteiger partial charge in [-0.1, -0.05) is 12.1 Å². The van der Waals surface area contributed by atoms with Gasteiger partial charge in [0.1, 0.15) is 6.54 Å². The molecule has 0 aliphatic heterocycles. The standard InChI is InChI=1S/C18H14N4O5S/c23-16(19-8-7-17-20-12-3-1-2-4-15(12)28-17)10-21-13-6-5-11(22(25)26)9-14(13)27-18(21)24/h1-6,9H,7-8,10H2,(H,19,23). The third kappa shape index (κ3) is 3.49. The van der Waals surface area contributed by atoms with Crippen molar-refractivity contribution >= 4 is 44.2 Å². The minimum absolute atomic E-state index is 0.0708. The van der Waals surface area contributed by atoms with Gasteiger partial charge in [0.05, 0.1) is 31.7 Å². The number of benzene rings is 2. The summed E-state index contributed by atoms with van der Waals surface area (Å²) in [5.41, 5.74) is 1.14. The highest BCUT2D eigenvalue weighted by Gasteiger charge is 2.16. The Morgan fingerprint density at radius 1 is 1.29 bits per heavy atom. The largest absolute Gasteiger partial charge is 0.420 e. The molecular formula is C18H14N4O5S. The quantitative estimate of drug-likeness (QED) is 0.393. The third-order valence-corrected chi connectivity index (χ3v) is 5.26. The molecule has 4 aromatic rings. The summed E-state index contributed by atoms with van der Waals surface area (Å²) in [6.45, 7) is 0.151. The molecule has 0 spiro atoms. The molecule has 2 aromatic carbocycles. The SMILES string of the molecule is O=C(Cn1c(=O)oc2cc([N+](=O)[O-])ccc21)NCCc1nc2ccccc2s1. The van der Waals surface area contributed by atoms with Crippen molar-refractivity contribution in [2.24, 2.45) is 0 Å². The van der Waals surface area contributed by atoms with Gasteiger partial charge in [0.25, 0.3) is 5.69 Å². The summed E-state index contributed by atoms with van der Waals surface area (Å²) in [5.74, 6) is -1.10. The number of amides is 1. The molecule has 9 nitrogen and oxygen atoms in total. The van der Waals surface area contributed by atoms with E-state index >= 15 is 0 Å². The van der Waals surface area contributed by atoms with Crippen molar-refractivity contribution in [2.75, 3.05) is 6.54 Å². The maximum Gasteiger partial charge on any atom is 0.420 e. The number of nitrogens with one attached hydrogen (secondary N) is 1. The summed E-state index contributed by atoms with van der Waals surface area (Å²) < 4.78 is 7.25. The monoisotopic (exact) mass is 398 g/mol. The summed E-state index contributed by atoms with van der Waals surface area (Å²) in [5, 5.41) is 14.5. The number of rotatable bonds is 6. The average molecular weight is 398 g/mol. The van der Waals surface area contributed by atoms with E-state index < -0.39 is 10.7 Å². The van der Waals surface area contributed by atoms with Gasteiger partial charge < -0.3 is 9.73 Å². The smallest absolute Gasteiger partial charge is 0.407 e. The molecule has 0 saturated heterocycles. The number of carbonyl (C=O) groups is 1. The molecule has 0 saturated carbocycles. The summed E-state index contributed by atoms with van der Waals surface area (Å²) in [7, 11) is 0. The molecule has 0 unspecified atom stereocenters. The van der Waals surface area contributed by atoms with Gasteiger partial charge in [0.15, 0.2) is 5.58 Å². The van der Waals surface area contributed by atoms with Crippen molar-refractivity contribution < 1.29 is 14.1 Å². The number of nitrogens with zero attached hydrogens (tertiary/aromatic N) is 3. The number of carbonyl (C=O) groups excluding carboxylic acids is 1. The van der Waals surface area contributed by atoms with E-state index in [-0.39, 0.29) is 23.7 Å². The molecule has 28 heavy (non-hydrogen) atoms. The first-order valence-electron chi connectivity index (χ1n) is 8.40. The Balaban J connectivity index is 1.41. The zero-order valence-corrected chi connectivity index (χ0v) is 15.3. The lowest BCUT2D eigenvalue weighted by atomic mass is 10.3. The van der Waals surface area contributed by atoms with Gasteiger partial charge in [-0.15, -0.1) is 11.3 Å². The van der Waals surface area contributed by atoms with Crippen molar-refractivity contribution in [1.29, 1.82) is 0 Å². The molecule has 0 fully saturated rings. The van der Waals surface area contributed by atoms with Crippen LogP contribution < -0.4 is 11.1 Å². The van der Waals surface area contributed by atoms with E-state index in [2.05, 4.69) is 10.3 Å². The molecule has 142 valence electrons. The second-order valence-electron chi connectivity index (χ2n) is 6.04. The molecule has 0 atom stereocenters. The van der Waals surface area contributed by atoms with E-state index in [0.717, 1.165) is 25.9 Å². The lowest BCUT2D eigenvalue weighted by Gasteiger charge is -2.04. The summed E-state index contributed by atoms with van der Waals surface area (Å²) in [4.78, 5) is 38.9. The first-order valence-corrected chi connectivity index (χ1v) is 9.22. The van der Waals surface area contributed by atoms with E-state index in [9.17, 15) is 19.7 Å². The van der Waals surface area contributed by atoms with Crippen LogP contribution in [0.5, 0.6) is 0 Å². The number of fused-ring (bicyclic) bond motifs is 2. The number of non-ortho nitro benzene ring substituents is 1. The molecule has 2 aromatic heterocycles. The van der Waals surface area contributed by atoms with Crippen LogP contribution in [0.3, 0.4) is 0 Å². The predicted octanol–water partition coefficient (Wildman–Crippen LogP) is 2.47. The second kappa shape index (κ2) is 7.24. The minimum Gasteiger partial charge on any atom is -0.407 e. The van der Waals surface area contributed by atoms with Gasteiger partial charge in [-0.2, -0.15) is 0 Å². The number of aromatic nitrogens is 2. The van der Waals surface area contributed by atoms with Crippen LogP contribution in [0, 0.1) is 10.1 Å². The summed E-state index contributed by atoms with van der Waals surface area (Å²) >= 11 is 1.57. The van der Waals surface area contributed by atoms with Crippen LogP contribution in [0.1, 0.15) is 5.01 Å². The average Bonchev–Trinajstić information content (AvgIpc) is 3.21. The maximum absolute atomic E-state index is 12.2. The first-order chi connectivity index (χ1) is 13.5. The lowest BCUT2D eigenvalue weighted by Crippen LogP contribution is -2.32. The molecule has 1 amide bonds. The van der Waals surface area contributed by atoms with Gasteiger partial charge in [-0.25, -0.2) is 9.78 Å². The molecule has 0 radical (unpaired) electrons. The van der Waals surface area contributed by atoms with E-state index in [1.54, 1.807) is 11.3 Å². The molecule has 0 bridgehead atoms. The molecular weight excluding hydrogens is 384 g/mol. The molecule has 1 N–H and O–H groups in total. The summed E-state index contributed by atoms with van der Waals surface area (Å²) in [6, 6.07) is 11.6. The van der Waals surface area contributed by atoms with Crippen molar-refractivity contribution in [3.05, 3.63) is 68.1 Å². The Kier molecular flexibility index (Phi) is 4.62. The highest BCUT2D eigenvalue weighted by Crippen LogP contribution is 2.22. The highest BCUT2D eigenvalue weighted by molar-refractivity contribution is 7.18. The molecule has 10 heteroatoms. The van der Waals surface area contributed by atoms with Crippen molar-refractivity contribution in [3.63, 3.8) is 0 Å². The minimum atomic E-state index is -0.739. The van der Waals surface area contributed by atoms with Crippen LogP contribution in [0.2, 0.25) is 0 Å². The van der Waals surface area contributed by atoms with Crippen LogP contribution in [0.4, 0.5) is 5.69 Å². The number of nitro benzene ring substituents is 1. The van der Waals surface area contributed by atoms with Gasteiger partial charge in [-0.3, -0.25) is 19.5 Å². The zero-order valence-electron chi connectivity index (χ0n) is 14.5. The highest BCUT2D eigenvalue weighted by atomic mass is 32.1. The van der Waals surface area contributed by atoms with Gasteiger partial charge >= 0.3 is 5.76 Å². The maximum atomic E-state index is 12.2. The molecule has 2 heterocycles. The fraction of sp³-hybridized carbons (Fsp3) is 0.167. The van der Waals surface area contributed by atoms with E-state index in [4.69, 9.17) is 4.42 Å². The van der Waals surface area contributed by atoms with Crippen LogP contribution in [0.25, 0.3) is 21.3 Å². The Bertz CT molecular complexity index is 1220. The Labute approximate surface area is 161 Å². The van der Waals surface area contributed by atoms with Crippen LogP contribution in [0.15, 0.2) is 51.7 Å². The molecule has 0 aliphatic rings. The topological polar surface area (TPSA) is 120 Å². The lowest BCUT2D eigenvalue weighted by molar-refractivity contribution is -0.384.